The molecule has 0 saturated carbocycles. The molecule has 17 heavy (non-hydrogen) atoms. The second kappa shape index (κ2) is 4.91. The minimum Gasteiger partial charge on any atom is -0.481 e. The molecule has 1 aliphatic heterocycles. The van der Waals surface area contributed by atoms with Gasteiger partial charge in [-0.2, -0.15) is 13.2 Å². The second-order valence-electron chi connectivity index (χ2n) is 3.91. The summed E-state index contributed by atoms with van der Waals surface area (Å²) in [6, 6.07) is 0. The maximum Gasteiger partial charge on any atom is 0.404 e. The van der Waals surface area contributed by atoms with Gasteiger partial charge in [-0.25, -0.2) is 0 Å². The van der Waals surface area contributed by atoms with Crippen molar-refractivity contribution >= 4 is 11.9 Å². The maximum atomic E-state index is 12.8. The van der Waals surface area contributed by atoms with Crippen LogP contribution in [0.4, 0.5) is 13.2 Å². The molecule has 98 valence electrons. The molecule has 0 spiro atoms. The summed E-state index contributed by atoms with van der Waals surface area (Å²) in [6.45, 7) is -0.646. The van der Waals surface area contributed by atoms with Crippen LogP contribution in [0, 0.1) is 5.41 Å². The van der Waals surface area contributed by atoms with E-state index in [1.54, 1.807) is 0 Å². The fraction of sp³-hybridized carbons (Fsp3) is 0.778. The lowest BCUT2D eigenvalue weighted by atomic mass is 9.85. The largest absolute Gasteiger partial charge is 0.481 e. The van der Waals surface area contributed by atoms with E-state index in [0.29, 0.717) is 0 Å². The van der Waals surface area contributed by atoms with Crippen LogP contribution in [0.25, 0.3) is 0 Å². The summed E-state index contributed by atoms with van der Waals surface area (Å²) < 4.78 is 38.5. The van der Waals surface area contributed by atoms with E-state index in [1.165, 1.54) is 0 Å². The average molecular weight is 254 g/mol. The van der Waals surface area contributed by atoms with Crippen LogP contribution in [0.5, 0.6) is 0 Å². The minimum atomic E-state index is -4.64. The van der Waals surface area contributed by atoms with Crippen LogP contribution in [-0.2, 0) is 9.59 Å². The molecule has 1 aliphatic rings. The molecule has 1 amide bonds. The van der Waals surface area contributed by atoms with Gasteiger partial charge in [-0.05, 0) is 13.0 Å². The molecular weight excluding hydrogens is 241 g/mol. The predicted molar refractivity (Wildman–Crippen MR) is 51.2 cm³/mol. The number of aliphatic carboxylic acids is 1. The van der Waals surface area contributed by atoms with Gasteiger partial charge in [0.2, 0.25) is 5.91 Å². The van der Waals surface area contributed by atoms with Gasteiger partial charge in [0.05, 0.1) is 6.42 Å². The highest BCUT2D eigenvalue weighted by Gasteiger charge is 2.61. The van der Waals surface area contributed by atoms with Crippen LogP contribution in [-0.4, -0.2) is 42.8 Å². The van der Waals surface area contributed by atoms with Crippen LogP contribution in [0.2, 0.25) is 0 Å². The van der Waals surface area contributed by atoms with Gasteiger partial charge in [-0.1, -0.05) is 0 Å². The molecule has 5 nitrogen and oxygen atoms in total. The summed E-state index contributed by atoms with van der Waals surface area (Å²) in [4.78, 5) is 21.7. The molecule has 8 heteroatoms. The molecule has 3 N–H and O–H groups in total. The van der Waals surface area contributed by atoms with E-state index in [-0.39, 0.29) is 19.5 Å². The molecule has 1 unspecified atom stereocenters. The van der Waals surface area contributed by atoms with E-state index >= 15 is 0 Å². The smallest absolute Gasteiger partial charge is 0.404 e. The zero-order chi connectivity index (χ0) is 13.1. The third-order valence-electron chi connectivity index (χ3n) is 2.76. The van der Waals surface area contributed by atoms with E-state index in [4.69, 9.17) is 5.11 Å². The number of carboxylic acids is 1. The molecule has 0 radical (unpaired) electrons. The van der Waals surface area contributed by atoms with Gasteiger partial charge < -0.3 is 15.7 Å². The molecule has 1 rings (SSSR count). The van der Waals surface area contributed by atoms with Crippen LogP contribution in [0.1, 0.15) is 12.8 Å². The lowest BCUT2D eigenvalue weighted by Gasteiger charge is -2.29. The van der Waals surface area contributed by atoms with Gasteiger partial charge in [0, 0.05) is 13.1 Å². The van der Waals surface area contributed by atoms with Gasteiger partial charge in [-0.3, -0.25) is 9.59 Å². The molecule has 0 aromatic rings. The fourth-order valence-corrected chi connectivity index (χ4v) is 1.71. The molecule has 0 aromatic heterocycles. The molecule has 0 aromatic carbocycles. The van der Waals surface area contributed by atoms with Crippen LogP contribution in [0.15, 0.2) is 0 Å². The predicted octanol–water partition coefficient (Wildman–Crippen LogP) is 0.119. The molecule has 1 fully saturated rings. The normalized spacial score (nSPS) is 24.6. The van der Waals surface area contributed by atoms with Crippen molar-refractivity contribution in [2.24, 2.45) is 5.41 Å². The van der Waals surface area contributed by atoms with Crippen molar-refractivity contribution in [3.05, 3.63) is 0 Å². The summed E-state index contributed by atoms with van der Waals surface area (Å²) in [5.41, 5.74) is -2.43. The van der Waals surface area contributed by atoms with Crippen molar-refractivity contribution in [2.45, 2.75) is 19.0 Å². The van der Waals surface area contributed by atoms with Gasteiger partial charge in [0.25, 0.3) is 0 Å². The Balaban J connectivity index is 2.66. The van der Waals surface area contributed by atoms with Crippen molar-refractivity contribution in [2.75, 3.05) is 19.6 Å². The van der Waals surface area contributed by atoms with E-state index in [1.807, 2.05) is 5.32 Å². The topological polar surface area (TPSA) is 78.4 Å². The number of carbonyl (C=O) groups excluding carboxylic acids is 1. The molecule has 1 heterocycles. The van der Waals surface area contributed by atoms with Gasteiger partial charge in [0.15, 0.2) is 5.41 Å². The summed E-state index contributed by atoms with van der Waals surface area (Å²) in [6.07, 6.45) is -5.35. The van der Waals surface area contributed by atoms with Crippen molar-refractivity contribution in [1.82, 2.24) is 10.6 Å². The Morgan fingerprint density at radius 2 is 2.06 bits per heavy atom. The number of carboxylic acid groups (broad SMARTS) is 1. The number of nitrogens with one attached hydrogen (secondary N) is 2. The highest BCUT2D eigenvalue weighted by molar-refractivity contribution is 5.84. The van der Waals surface area contributed by atoms with Crippen LogP contribution < -0.4 is 10.6 Å². The number of hydrogen-bond donors (Lipinski definition) is 3. The Bertz CT molecular complexity index is 311. The zero-order valence-electron chi connectivity index (χ0n) is 8.93. The number of hydrogen-bond acceptors (Lipinski definition) is 3. The first-order valence-electron chi connectivity index (χ1n) is 5.07. The Hall–Kier alpha value is -1.31. The Kier molecular flexibility index (Phi) is 3.97. The van der Waals surface area contributed by atoms with E-state index in [9.17, 15) is 22.8 Å². The van der Waals surface area contributed by atoms with Crippen molar-refractivity contribution in [3.63, 3.8) is 0 Å². The van der Waals surface area contributed by atoms with Crippen LogP contribution >= 0.6 is 0 Å². The van der Waals surface area contributed by atoms with E-state index < -0.39 is 36.4 Å². The number of alkyl halides is 3. The molecule has 1 saturated heterocycles. The first kappa shape index (κ1) is 13.8. The summed E-state index contributed by atoms with van der Waals surface area (Å²) in [5.74, 6) is -2.33. The molecular formula is C9H13F3N2O3. The lowest BCUT2D eigenvalue weighted by molar-refractivity contribution is -0.215. The van der Waals surface area contributed by atoms with Crippen molar-refractivity contribution < 1.29 is 27.9 Å². The average Bonchev–Trinajstić information content (AvgIpc) is 2.65. The fourth-order valence-electron chi connectivity index (χ4n) is 1.71. The van der Waals surface area contributed by atoms with Gasteiger partial charge in [0.1, 0.15) is 0 Å². The highest BCUT2D eigenvalue weighted by Crippen LogP contribution is 2.43. The van der Waals surface area contributed by atoms with Gasteiger partial charge >= 0.3 is 12.1 Å². The Labute approximate surface area is 95.4 Å². The van der Waals surface area contributed by atoms with E-state index in [2.05, 4.69) is 5.32 Å². The molecule has 0 bridgehead atoms. The quantitative estimate of drug-likeness (QED) is 0.666. The number of halogens is 3. The monoisotopic (exact) mass is 254 g/mol. The standard InChI is InChI=1S/C9H13F3N2O3/c10-9(11,12)8(2-4-13-5-8)7(17)14-3-1-6(15)16/h13H,1-5H2,(H,14,17)(H,15,16). The molecule has 0 aliphatic carbocycles. The first-order valence-corrected chi connectivity index (χ1v) is 5.07. The minimum absolute atomic E-state index is 0.117. The second-order valence-corrected chi connectivity index (χ2v) is 3.91. The maximum absolute atomic E-state index is 12.8. The van der Waals surface area contributed by atoms with Gasteiger partial charge in [-0.15, -0.1) is 0 Å². The zero-order valence-corrected chi connectivity index (χ0v) is 8.93. The Morgan fingerprint density at radius 3 is 2.47 bits per heavy atom. The highest BCUT2D eigenvalue weighted by atomic mass is 19.4. The van der Waals surface area contributed by atoms with Crippen molar-refractivity contribution in [1.29, 1.82) is 0 Å². The summed E-state index contributed by atoms with van der Waals surface area (Å²) in [7, 11) is 0. The Morgan fingerprint density at radius 1 is 1.41 bits per heavy atom. The SMILES string of the molecule is O=C(O)CCNC(=O)C1(C(F)(F)F)CCNC1. The third-order valence-corrected chi connectivity index (χ3v) is 2.76. The summed E-state index contributed by atoms with van der Waals surface area (Å²) >= 11 is 0. The summed E-state index contributed by atoms with van der Waals surface area (Å²) in [5, 5.41) is 12.9. The number of amides is 1. The molecule has 1 atom stereocenters. The third kappa shape index (κ3) is 2.87. The first-order chi connectivity index (χ1) is 7.79. The lowest BCUT2D eigenvalue weighted by Crippen LogP contribution is -2.52. The van der Waals surface area contributed by atoms with Crippen molar-refractivity contribution in [3.8, 4) is 0 Å². The van der Waals surface area contributed by atoms with E-state index in [0.717, 1.165) is 0 Å². The number of rotatable bonds is 4. The van der Waals surface area contributed by atoms with Crippen LogP contribution in [0.3, 0.4) is 0 Å². The number of carbonyl (C=O) groups is 2.